The van der Waals surface area contributed by atoms with Crippen LogP contribution in [0.3, 0.4) is 0 Å². The van der Waals surface area contributed by atoms with E-state index in [-0.39, 0.29) is 12.1 Å². The number of urea groups is 1. The van der Waals surface area contributed by atoms with Crippen LogP contribution < -0.4 is 16.0 Å². The van der Waals surface area contributed by atoms with Crippen molar-refractivity contribution in [2.24, 2.45) is 5.92 Å². The van der Waals surface area contributed by atoms with Crippen LogP contribution in [0.2, 0.25) is 0 Å². The number of hydrogen-bond acceptors (Lipinski definition) is 3. The molecule has 1 saturated carbocycles. The molecule has 0 saturated heterocycles. The maximum absolute atomic E-state index is 11.8. The highest BCUT2D eigenvalue weighted by Crippen LogP contribution is 2.32. The first-order valence-corrected chi connectivity index (χ1v) is 7.20. The van der Waals surface area contributed by atoms with E-state index in [4.69, 9.17) is 4.74 Å². The van der Waals surface area contributed by atoms with Crippen LogP contribution >= 0.6 is 0 Å². The number of amides is 3. The van der Waals surface area contributed by atoms with Crippen molar-refractivity contribution < 1.29 is 14.3 Å². The summed E-state index contributed by atoms with van der Waals surface area (Å²) in [6.07, 6.45) is 1.89. The van der Waals surface area contributed by atoms with Gasteiger partial charge in [0, 0.05) is 17.4 Å². The van der Waals surface area contributed by atoms with Gasteiger partial charge in [0.2, 0.25) is 0 Å². The number of anilines is 2. The third kappa shape index (κ3) is 4.98. The van der Waals surface area contributed by atoms with Crippen LogP contribution in [0.5, 0.6) is 0 Å². The Balaban J connectivity index is 1.81. The van der Waals surface area contributed by atoms with Crippen molar-refractivity contribution in [2.75, 3.05) is 17.2 Å². The molecule has 1 aliphatic carbocycles. The molecule has 6 nitrogen and oxygen atoms in total. The lowest BCUT2D eigenvalue weighted by Gasteiger charge is -2.14. The zero-order chi connectivity index (χ0) is 15.2. The first-order chi connectivity index (χ1) is 10.1. The molecule has 0 aromatic heterocycles. The SMILES string of the molecule is CCOC(=O)Nc1ccc(NC(=O)NC(C)C2CC2)cc1. The molecule has 21 heavy (non-hydrogen) atoms. The number of carbonyl (C=O) groups excluding carboxylic acids is 2. The van der Waals surface area contributed by atoms with Gasteiger partial charge in [-0.05, 0) is 56.9 Å². The van der Waals surface area contributed by atoms with Gasteiger partial charge >= 0.3 is 12.1 Å². The lowest BCUT2D eigenvalue weighted by Crippen LogP contribution is -2.37. The minimum absolute atomic E-state index is 0.203. The number of nitrogens with one attached hydrogen (secondary N) is 3. The van der Waals surface area contributed by atoms with E-state index in [1.54, 1.807) is 31.2 Å². The van der Waals surface area contributed by atoms with E-state index in [2.05, 4.69) is 16.0 Å². The molecule has 114 valence electrons. The van der Waals surface area contributed by atoms with E-state index < -0.39 is 6.09 Å². The van der Waals surface area contributed by atoms with Gasteiger partial charge in [-0.1, -0.05) is 0 Å². The van der Waals surface area contributed by atoms with Crippen molar-refractivity contribution in [1.82, 2.24) is 5.32 Å². The normalized spacial score (nSPS) is 15.0. The van der Waals surface area contributed by atoms with E-state index in [0.29, 0.717) is 23.9 Å². The molecule has 3 N–H and O–H groups in total. The molecule has 1 fully saturated rings. The van der Waals surface area contributed by atoms with Crippen molar-refractivity contribution in [2.45, 2.75) is 32.7 Å². The molecule has 0 heterocycles. The molecular formula is C15H21N3O3. The Kier molecular flexibility index (Phi) is 5.03. The van der Waals surface area contributed by atoms with Crippen LogP contribution in [-0.4, -0.2) is 24.8 Å². The first-order valence-electron chi connectivity index (χ1n) is 7.20. The standard InChI is InChI=1S/C15H21N3O3/c1-3-21-15(20)18-13-8-6-12(7-9-13)17-14(19)16-10(2)11-4-5-11/h6-11H,3-5H2,1-2H3,(H,18,20)(H2,16,17,19). The summed E-state index contributed by atoms with van der Waals surface area (Å²) in [6, 6.07) is 6.86. The number of carbonyl (C=O) groups is 2. The maximum Gasteiger partial charge on any atom is 0.411 e. The highest BCUT2D eigenvalue weighted by Gasteiger charge is 2.28. The average Bonchev–Trinajstić information content (AvgIpc) is 3.25. The Hall–Kier alpha value is -2.24. The second kappa shape index (κ2) is 6.97. The van der Waals surface area contributed by atoms with Gasteiger partial charge in [0.05, 0.1) is 6.61 Å². The van der Waals surface area contributed by atoms with Gasteiger partial charge in [-0.3, -0.25) is 5.32 Å². The largest absolute Gasteiger partial charge is 0.450 e. The Morgan fingerprint density at radius 3 is 2.29 bits per heavy atom. The average molecular weight is 291 g/mol. The molecule has 1 unspecified atom stereocenters. The van der Waals surface area contributed by atoms with Gasteiger partial charge in [0.15, 0.2) is 0 Å². The molecule has 3 amide bonds. The molecule has 1 atom stereocenters. The van der Waals surface area contributed by atoms with Crippen molar-refractivity contribution >= 4 is 23.5 Å². The summed E-state index contributed by atoms with van der Waals surface area (Å²) in [5, 5.41) is 8.27. The molecule has 0 spiro atoms. The summed E-state index contributed by atoms with van der Waals surface area (Å²) in [5.74, 6) is 0.618. The number of hydrogen-bond donors (Lipinski definition) is 3. The van der Waals surface area contributed by atoms with Gasteiger partial charge in [-0.15, -0.1) is 0 Å². The fourth-order valence-corrected chi connectivity index (χ4v) is 2.01. The van der Waals surface area contributed by atoms with Crippen LogP contribution in [0.4, 0.5) is 21.0 Å². The van der Waals surface area contributed by atoms with Crippen molar-refractivity contribution in [3.05, 3.63) is 24.3 Å². The van der Waals surface area contributed by atoms with Gasteiger partial charge in [0.1, 0.15) is 0 Å². The molecule has 0 aliphatic heterocycles. The predicted octanol–water partition coefficient (Wildman–Crippen LogP) is 3.18. The third-order valence-corrected chi connectivity index (χ3v) is 3.35. The van der Waals surface area contributed by atoms with Crippen molar-refractivity contribution in [3.63, 3.8) is 0 Å². The Morgan fingerprint density at radius 2 is 1.76 bits per heavy atom. The Morgan fingerprint density at radius 1 is 1.19 bits per heavy atom. The summed E-state index contributed by atoms with van der Waals surface area (Å²) in [7, 11) is 0. The topological polar surface area (TPSA) is 79.5 Å². The highest BCUT2D eigenvalue weighted by atomic mass is 16.5. The van der Waals surface area contributed by atoms with E-state index in [1.165, 1.54) is 12.8 Å². The number of rotatable bonds is 5. The van der Waals surface area contributed by atoms with E-state index in [1.807, 2.05) is 6.92 Å². The molecule has 0 radical (unpaired) electrons. The van der Waals surface area contributed by atoms with E-state index >= 15 is 0 Å². The predicted molar refractivity (Wildman–Crippen MR) is 81.4 cm³/mol. The summed E-state index contributed by atoms with van der Waals surface area (Å²) in [4.78, 5) is 23.0. The maximum atomic E-state index is 11.8. The Labute approximate surface area is 124 Å². The molecule has 6 heteroatoms. The van der Waals surface area contributed by atoms with Crippen LogP contribution in [0.25, 0.3) is 0 Å². The fourth-order valence-electron chi connectivity index (χ4n) is 2.01. The minimum Gasteiger partial charge on any atom is -0.450 e. The molecule has 2 rings (SSSR count). The van der Waals surface area contributed by atoms with Crippen molar-refractivity contribution in [3.8, 4) is 0 Å². The smallest absolute Gasteiger partial charge is 0.411 e. The Bertz CT molecular complexity index is 497. The minimum atomic E-state index is -0.491. The lowest BCUT2D eigenvalue weighted by atomic mass is 10.2. The fraction of sp³-hybridized carbons (Fsp3) is 0.467. The van der Waals surface area contributed by atoms with E-state index in [0.717, 1.165) is 0 Å². The number of ether oxygens (including phenoxy) is 1. The van der Waals surface area contributed by atoms with Crippen molar-refractivity contribution in [1.29, 1.82) is 0 Å². The van der Waals surface area contributed by atoms with Gasteiger partial charge in [-0.25, -0.2) is 9.59 Å². The van der Waals surface area contributed by atoms with Crippen LogP contribution in [-0.2, 0) is 4.74 Å². The second-order valence-electron chi connectivity index (χ2n) is 5.15. The van der Waals surface area contributed by atoms with Crippen LogP contribution in [0.15, 0.2) is 24.3 Å². The molecule has 0 bridgehead atoms. The third-order valence-electron chi connectivity index (χ3n) is 3.35. The summed E-state index contributed by atoms with van der Waals surface area (Å²) < 4.78 is 4.78. The second-order valence-corrected chi connectivity index (χ2v) is 5.15. The van der Waals surface area contributed by atoms with Crippen LogP contribution in [0.1, 0.15) is 26.7 Å². The lowest BCUT2D eigenvalue weighted by molar-refractivity contribution is 0.168. The van der Waals surface area contributed by atoms with Gasteiger partial charge in [0.25, 0.3) is 0 Å². The first kappa shape index (κ1) is 15.2. The highest BCUT2D eigenvalue weighted by molar-refractivity contribution is 5.90. The molecule has 1 aliphatic rings. The van der Waals surface area contributed by atoms with E-state index in [9.17, 15) is 9.59 Å². The number of benzene rings is 1. The molecular weight excluding hydrogens is 270 g/mol. The summed E-state index contributed by atoms with van der Waals surface area (Å²) in [5.41, 5.74) is 1.29. The van der Waals surface area contributed by atoms with Gasteiger partial charge < -0.3 is 15.4 Å². The zero-order valence-corrected chi connectivity index (χ0v) is 12.3. The molecule has 1 aromatic rings. The zero-order valence-electron chi connectivity index (χ0n) is 12.3. The summed E-state index contributed by atoms with van der Waals surface area (Å²) >= 11 is 0. The van der Waals surface area contributed by atoms with Crippen LogP contribution in [0, 0.1) is 5.92 Å². The summed E-state index contributed by atoms with van der Waals surface area (Å²) in [6.45, 7) is 4.09. The monoisotopic (exact) mass is 291 g/mol. The quantitative estimate of drug-likeness (QED) is 0.779. The molecule has 1 aromatic carbocycles. The van der Waals surface area contributed by atoms with Gasteiger partial charge in [-0.2, -0.15) is 0 Å².